The maximum atomic E-state index is 5.26. The molecule has 0 saturated heterocycles. The molecule has 1 aliphatic heterocycles. The zero-order valence-corrected chi connectivity index (χ0v) is 11.9. The summed E-state index contributed by atoms with van der Waals surface area (Å²) in [7, 11) is 1.66. The standard InChI is InChI=1S/C14H19N3O.ClH/c1-18-13-8-5-4-7-12(13)11-16-17-14-9-3-2-6-10-15-14;/h4-5,7-8,11H,2-3,6,9-10H2,1H3,(H,15,17);1H. The largest absolute Gasteiger partial charge is 0.496 e. The number of hydrogen-bond acceptors (Lipinski definition) is 4. The van der Waals surface area contributed by atoms with Crippen molar-refractivity contribution in [3.63, 3.8) is 0 Å². The van der Waals surface area contributed by atoms with Crippen molar-refractivity contribution in [1.82, 2.24) is 5.43 Å². The fourth-order valence-electron chi connectivity index (χ4n) is 1.91. The van der Waals surface area contributed by atoms with Crippen LogP contribution in [0.2, 0.25) is 0 Å². The van der Waals surface area contributed by atoms with Crippen LogP contribution in [0, 0.1) is 0 Å². The molecule has 0 atom stereocenters. The number of nitrogens with one attached hydrogen (secondary N) is 1. The van der Waals surface area contributed by atoms with Crippen LogP contribution in [0.15, 0.2) is 34.4 Å². The molecule has 5 heteroatoms. The molecule has 0 amide bonds. The average Bonchev–Trinajstić information content (AvgIpc) is 2.68. The lowest BCUT2D eigenvalue weighted by molar-refractivity contribution is 0.414. The highest BCUT2D eigenvalue weighted by Crippen LogP contribution is 2.14. The monoisotopic (exact) mass is 281 g/mol. The lowest BCUT2D eigenvalue weighted by Crippen LogP contribution is -2.17. The van der Waals surface area contributed by atoms with Gasteiger partial charge in [0.2, 0.25) is 0 Å². The molecule has 0 unspecified atom stereocenters. The van der Waals surface area contributed by atoms with Crippen LogP contribution in [0.5, 0.6) is 5.75 Å². The van der Waals surface area contributed by atoms with Gasteiger partial charge in [-0.25, -0.2) is 0 Å². The number of nitrogens with zero attached hydrogens (tertiary/aromatic N) is 2. The van der Waals surface area contributed by atoms with Crippen LogP contribution < -0.4 is 10.2 Å². The van der Waals surface area contributed by atoms with Crippen molar-refractivity contribution in [2.75, 3.05) is 13.7 Å². The van der Waals surface area contributed by atoms with Gasteiger partial charge in [-0.3, -0.25) is 10.4 Å². The highest BCUT2D eigenvalue weighted by Gasteiger charge is 2.02. The molecule has 4 nitrogen and oxygen atoms in total. The number of hydrazone groups is 1. The smallest absolute Gasteiger partial charge is 0.127 e. The van der Waals surface area contributed by atoms with Gasteiger partial charge in [0.25, 0.3) is 0 Å². The Morgan fingerprint density at radius 3 is 2.95 bits per heavy atom. The first kappa shape index (κ1) is 15.5. The highest BCUT2D eigenvalue weighted by molar-refractivity contribution is 5.87. The number of aliphatic imine (C=N–C) groups is 1. The van der Waals surface area contributed by atoms with Crippen LogP contribution in [0.25, 0.3) is 0 Å². The van der Waals surface area contributed by atoms with Crippen LogP contribution in [0.4, 0.5) is 0 Å². The molecular weight excluding hydrogens is 262 g/mol. The minimum Gasteiger partial charge on any atom is -0.496 e. The second kappa shape index (κ2) is 8.53. The van der Waals surface area contributed by atoms with Crippen LogP contribution >= 0.6 is 12.4 Å². The van der Waals surface area contributed by atoms with E-state index in [4.69, 9.17) is 4.74 Å². The molecule has 0 saturated carbocycles. The summed E-state index contributed by atoms with van der Waals surface area (Å²) in [6.07, 6.45) is 6.39. The minimum atomic E-state index is 0. The van der Waals surface area contributed by atoms with Crippen LogP contribution in [-0.4, -0.2) is 25.7 Å². The van der Waals surface area contributed by atoms with Gasteiger partial charge in [-0.2, -0.15) is 5.10 Å². The molecule has 0 radical (unpaired) electrons. The second-order valence-electron chi connectivity index (χ2n) is 4.25. The number of rotatable bonds is 3. The molecule has 0 fully saturated rings. The Balaban J connectivity index is 0.00000180. The molecule has 104 valence electrons. The molecule has 0 aromatic heterocycles. The summed E-state index contributed by atoms with van der Waals surface area (Å²) in [6.45, 7) is 0.909. The van der Waals surface area contributed by atoms with Crippen molar-refractivity contribution >= 4 is 24.5 Å². The summed E-state index contributed by atoms with van der Waals surface area (Å²) in [5.41, 5.74) is 3.99. The summed E-state index contributed by atoms with van der Waals surface area (Å²) in [4.78, 5) is 4.46. The third-order valence-electron chi connectivity index (χ3n) is 2.91. The van der Waals surface area contributed by atoms with E-state index in [0.29, 0.717) is 0 Å². The van der Waals surface area contributed by atoms with Gasteiger partial charge in [0.1, 0.15) is 11.6 Å². The number of halogens is 1. The van der Waals surface area contributed by atoms with E-state index in [1.807, 2.05) is 24.3 Å². The Labute approximate surface area is 120 Å². The van der Waals surface area contributed by atoms with E-state index >= 15 is 0 Å². The quantitative estimate of drug-likeness (QED) is 0.684. The van der Waals surface area contributed by atoms with E-state index in [9.17, 15) is 0 Å². The fourth-order valence-corrected chi connectivity index (χ4v) is 1.91. The molecule has 1 aliphatic rings. The third kappa shape index (κ3) is 4.91. The molecule has 1 heterocycles. The topological polar surface area (TPSA) is 46.0 Å². The summed E-state index contributed by atoms with van der Waals surface area (Å²) in [5.74, 6) is 1.81. The SMILES string of the molecule is COc1ccccc1C=NNC1=NCCCCC1.Cl. The van der Waals surface area contributed by atoms with E-state index in [1.165, 1.54) is 19.3 Å². The number of ether oxygens (including phenoxy) is 1. The molecule has 2 rings (SSSR count). The van der Waals surface area contributed by atoms with E-state index in [-0.39, 0.29) is 12.4 Å². The van der Waals surface area contributed by atoms with Gasteiger partial charge in [-0.1, -0.05) is 18.6 Å². The maximum Gasteiger partial charge on any atom is 0.127 e. The Bertz CT molecular complexity index is 446. The Morgan fingerprint density at radius 1 is 1.26 bits per heavy atom. The van der Waals surface area contributed by atoms with E-state index in [2.05, 4.69) is 15.5 Å². The maximum absolute atomic E-state index is 5.26. The first-order chi connectivity index (χ1) is 8.90. The minimum absolute atomic E-state index is 0. The average molecular weight is 282 g/mol. The van der Waals surface area contributed by atoms with Gasteiger partial charge in [-0.15, -0.1) is 12.4 Å². The molecular formula is C14H20ClN3O. The molecule has 1 aromatic rings. The molecule has 1 N–H and O–H groups in total. The predicted molar refractivity (Wildman–Crippen MR) is 81.7 cm³/mol. The number of amidine groups is 1. The molecule has 0 bridgehead atoms. The van der Waals surface area contributed by atoms with Crippen molar-refractivity contribution in [1.29, 1.82) is 0 Å². The van der Waals surface area contributed by atoms with E-state index in [1.54, 1.807) is 13.3 Å². The molecule has 0 spiro atoms. The zero-order valence-electron chi connectivity index (χ0n) is 11.1. The predicted octanol–water partition coefficient (Wildman–Crippen LogP) is 3.01. The van der Waals surface area contributed by atoms with Crippen LogP contribution in [-0.2, 0) is 0 Å². The van der Waals surface area contributed by atoms with Crippen molar-refractivity contribution in [3.8, 4) is 5.75 Å². The zero-order chi connectivity index (χ0) is 12.6. The first-order valence-electron chi connectivity index (χ1n) is 6.35. The number of para-hydroxylation sites is 1. The van der Waals surface area contributed by atoms with Crippen LogP contribution in [0.1, 0.15) is 31.2 Å². The second-order valence-corrected chi connectivity index (χ2v) is 4.25. The number of benzene rings is 1. The van der Waals surface area contributed by atoms with Crippen LogP contribution in [0.3, 0.4) is 0 Å². The summed E-state index contributed by atoms with van der Waals surface area (Å²) in [6, 6.07) is 7.80. The van der Waals surface area contributed by atoms with Gasteiger partial charge in [-0.05, 0) is 25.0 Å². The van der Waals surface area contributed by atoms with Gasteiger partial charge in [0.05, 0.1) is 13.3 Å². The third-order valence-corrected chi connectivity index (χ3v) is 2.91. The van der Waals surface area contributed by atoms with Crippen molar-refractivity contribution < 1.29 is 4.74 Å². The lowest BCUT2D eigenvalue weighted by atomic mass is 10.2. The Hall–Kier alpha value is -1.55. The normalized spacial score (nSPS) is 15.3. The first-order valence-corrected chi connectivity index (χ1v) is 6.35. The molecule has 1 aromatic carbocycles. The van der Waals surface area contributed by atoms with Crippen molar-refractivity contribution in [2.45, 2.75) is 25.7 Å². The summed E-state index contributed by atoms with van der Waals surface area (Å²) < 4.78 is 5.26. The Kier molecular flexibility index (Phi) is 6.97. The fraction of sp³-hybridized carbons (Fsp3) is 0.429. The number of methoxy groups -OCH3 is 1. The molecule has 19 heavy (non-hydrogen) atoms. The Morgan fingerprint density at radius 2 is 2.11 bits per heavy atom. The highest BCUT2D eigenvalue weighted by atomic mass is 35.5. The van der Waals surface area contributed by atoms with E-state index in [0.717, 1.165) is 30.1 Å². The summed E-state index contributed by atoms with van der Waals surface area (Å²) >= 11 is 0. The van der Waals surface area contributed by atoms with Crippen molar-refractivity contribution in [3.05, 3.63) is 29.8 Å². The van der Waals surface area contributed by atoms with Gasteiger partial charge in [0.15, 0.2) is 0 Å². The van der Waals surface area contributed by atoms with E-state index < -0.39 is 0 Å². The van der Waals surface area contributed by atoms with Gasteiger partial charge in [0, 0.05) is 18.5 Å². The van der Waals surface area contributed by atoms with Gasteiger partial charge >= 0.3 is 0 Å². The van der Waals surface area contributed by atoms with Crippen molar-refractivity contribution in [2.24, 2.45) is 10.1 Å². The molecule has 0 aliphatic carbocycles. The lowest BCUT2D eigenvalue weighted by Gasteiger charge is -2.04. The summed E-state index contributed by atoms with van der Waals surface area (Å²) in [5, 5.41) is 4.23. The van der Waals surface area contributed by atoms with Gasteiger partial charge < -0.3 is 4.74 Å². The number of hydrogen-bond donors (Lipinski definition) is 1.